The number of nitrogens with zero attached hydrogens (tertiary/aromatic N) is 4. The van der Waals surface area contributed by atoms with E-state index in [1.807, 2.05) is 31.2 Å². The van der Waals surface area contributed by atoms with Crippen LogP contribution in [0.4, 0.5) is 5.95 Å². The van der Waals surface area contributed by atoms with Crippen molar-refractivity contribution in [2.75, 3.05) is 18.0 Å². The van der Waals surface area contributed by atoms with Gasteiger partial charge in [-0.25, -0.2) is 9.97 Å². The highest BCUT2D eigenvalue weighted by Crippen LogP contribution is 2.21. The zero-order valence-corrected chi connectivity index (χ0v) is 14.1. The van der Waals surface area contributed by atoms with Gasteiger partial charge in [0.25, 0.3) is 5.91 Å². The zero-order chi connectivity index (χ0) is 17.2. The molecule has 7 nitrogen and oxygen atoms in total. The van der Waals surface area contributed by atoms with Crippen LogP contribution in [0.5, 0.6) is 0 Å². The molecule has 1 aromatic carbocycles. The number of H-pyrrole nitrogens is 1. The van der Waals surface area contributed by atoms with E-state index in [-0.39, 0.29) is 11.9 Å². The molecule has 0 radical (unpaired) electrons. The molecule has 128 valence electrons. The van der Waals surface area contributed by atoms with Crippen molar-refractivity contribution in [2.45, 2.75) is 25.8 Å². The third-order valence-electron chi connectivity index (χ3n) is 4.52. The molecular weight excluding hydrogens is 316 g/mol. The molecule has 7 heteroatoms. The molecule has 2 N–H and O–H groups in total. The SMILES string of the molecule is Cc1cnc(C(=O)NC2CCN(c3nc4ccccc4[nH]3)CC2)cn1. The van der Waals surface area contributed by atoms with Crippen LogP contribution >= 0.6 is 0 Å². The van der Waals surface area contributed by atoms with Crippen LogP contribution in [0.2, 0.25) is 0 Å². The van der Waals surface area contributed by atoms with E-state index in [0.717, 1.165) is 48.6 Å². The predicted octanol–water partition coefficient (Wildman–Crippen LogP) is 2.06. The Kier molecular flexibility index (Phi) is 4.05. The summed E-state index contributed by atoms with van der Waals surface area (Å²) in [5, 5.41) is 3.05. The standard InChI is InChI=1S/C18H20N6O/c1-12-10-20-16(11-19-12)17(25)21-13-6-8-24(9-7-13)18-22-14-4-2-3-5-15(14)23-18/h2-5,10-11,13H,6-9H2,1H3,(H,21,25)(H,22,23). The lowest BCUT2D eigenvalue weighted by Gasteiger charge is -2.32. The maximum atomic E-state index is 12.2. The van der Waals surface area contributed by atoms with Crippen LogP contribution in [0.15, 0.2) is 36.7 Å². The summed E-state index contributed by atoms with van der Waals surface area (Å²) in [6, 6.07) is 8.17. The average molecular weight is 336 g/mol. The molecule has 1 amide bonds. The van der Waals surface area contributed by atoms with Gasteiger partial charge in [0.2, 0.25) is 5.95 Å². The Bertz CT molecular complexity index is 847. The van der Waals surface area contributed by atoms with Crippen LogP contribution in [0, 0.1) is 6.92 Å². The second kappa shape index (κ2) is 6.51. The molecule has 0 bridgehead atoms. The molecule has 0 spiro atoms. The topological polar surface area (TPSA) is 86.8 Å². The number of hydrogen-bond donors (Lipinski definition) is 2. The lowest BCUT2D eigenvalue weighted by Crippen LogP contribution is -2.45. The number of nitrogens with one attached hydrogen (secondary N) is 2. The number of aryl methyl sites for hydroxylation is 1. The second-order valence-electron chi connectivity index (χ2n) is 6.36. The fourth-order valence-corrected chi connectivity index (χ4v) is 3.09. The van der Waals surface area contributed by atoms with Crippen molar-refractivity contribution < 1.29 is 4.79 Å². The number of imidazole rings is 1. The highest BCUT2D eigenvalue weighted by molar-refractivity contribution is 5.92. The van der Waals surface area contributed by atoms with Crippen LogP contribution in [-0.4, -0.2) is 45.0 Å². The molecule has 25 heavy (non-hydrogen) atoms. The molecular formula is C18H20N6O. The zero-order valence-electron chi connectivity index (χ0n) is 14.1. The summed E-state index contributed by atoms with van der Waals surface area (Å²) in [5.74, 6) is 0.741. The fraction of sp³-hybridized carbons (Fsp3) is 0.333. The number of aromatic nitrogens is 4. The van der Waals surface area contributed by atoms with E-state index in [9.17, 15) is 4.79 Å². The number of aromatic amines is 1. The summed E-state index contributed by atoms with van der Waals surface area (Å²) in [6.45, 7) is 3.55. The van der Waals surface area contributed by atoms with E-state index >= 15 is 0 Å². The third-order valence-corrected chi connectivity index (χ3v) is 4.52. The number of piperidine rings is 1. The quantitative estimate of drug-likeness (QED) is 0.764. The van der Waals surface area contributed by atoms with Gasteiger partial charge in [0, 0.05) is 25.3 Å². The van der Waals surface area contributed by atoms with E-state index in [1.54, 1.807) is 6.20 Å². The number of hydrogen-bond acceptors (Lipinski definition) is 5. The molecule has 1 saturated heterocycles. The van der Waals surface area contributed by atoms with Crippen molar-refractivity contribution >= 4 is 22.9 Å². The van der Waals surface area contributed by atoms with Crippen LogP contribution in [0.1, 0.15) is 29.0 Å². The van der Waals surface area contributed by atoms with Crippen LogP contribution < -0.4 is 10.2 Å². The first kappa shape index (κ1) is 15.6. The molecule has 3 aromatic rings. The Morgan fingerprint density at radius 3 is 2.72 bits per heavy atom. The molecule has 1 aliphatic heterocycles. The van der Waals surface area contributed by atoms with Gasteiger partial charge in [-0.1, -0.05) is 12.1 Å². The smallest absolute Gasteiger partial charge is 0.271 e. The number of carbonyl (C=O) groups excluding carboxylic acids is 1. The third kappa shape index (κ3) is 3.31. The molecule has 4 rings (SSSR count). The van der Waals surface area contributed by atoms with E-state index in [2.05, 4.69) is 30.2 Å². The van der Waals surface area contributed by atoms with Crippen LogP contribution in [0.25, 0.3) is 11.0 Å². The van der Waals surface area contributed by atoms with E-state index in [4.69, 9.17) is 0 Å². The van der Waals surface area contributed by atoms with Crippen molar-refractivity contribution in [3.63, 3.8) is 0 Å². The fourth-order valence-electron chi connectivity index (χ4n) is 3.09. The Morgan fingerprint density at radius 2 is 2.00 bits per heavy atom. The highest BCUT2D eigenvalue weighted by Gasteiger charge is 2.23. The number of benzene rings is 1. The van der Waals surface area contributed by atoms with Crippen molar-refractivity contribution in [1.82, 2.24) is 25.3 Å². The van der Waals surface area contributed by atoms with Gasteiger partial charge in [0.05, 0.1) is 22.9 Å². The first-order valence-electron chi connectivity index (χ1n) is 8.48. The second-order valence-corrected chi connectivity index (χ2v) is 6.36. The molecule has 1 aliphatic rings. The molecule has 0 aliphatic carbocycles. The summed E-state index contributed by atoms with van der Waals surface area (Å²) < 4.78 is 0. The normalized spacial score (nSPS) is 15.5. The summed E-state index contributed by atoms with van der Waals surface area (Å²) in [5.41, 5.74) is 3.19. The van der Waals surface area contributed by atoms with Gasteiger partial charge in [-0.2, -0.15) is 0 Å². The maximum absolute atomic E-state index is 12.2. The van der Waals surface area contributed by atoms with Gasteiger partial charge in [0.15, 0.2) is 0 Å². The van der Waals surface area contributed by atoms with Crippen LogP contribution in [0.3, 0.4) is 0 Å². The van der Waals surface area contributed by atoms with Gasteiger partial charge in [0.1, 0.15) is 5.69 Å². The van der Waals surface area contributed by atoms with Crippen molar-refractivity contribution in [3.05, 3.63) is 48.0 Å². The molecule has 3 heterocycles. The monoisotopic (exact) mass is 336 g/mol. The summed E-state index contributed by atoms with van der Waals surface area (Å²) in [7, 11) is 0. The van der Waals surface area contributed by atoms with E-state index < -0.39 is 0 Å². The minimum absolute atomic E-state index is 0.149. The van der Waals surface area contributed by atoms with Crippen molar-refractivity contribution in [2.24, 2.45) is 0 Å². The van der Waals surface area contributed by atoms with Gasteiger partial charge in [-0.05, 0) is 31.9 Å². The molecule has 0 atom stereocenters. The first-order chi connectivity index (χ1) is 12.2. The molecule has 0 unspecified atom stereocenters. The highest BCUT2D eigenvalue weighted by atomic mass is 16.1. The molecule has 0 saturated carbocycles. The number of anilines is 1. The number of para-hydroxylation sites is 2. The predicted molar refractivity (Wildman–Crippen MR) is 95.6 cm³/mol. The number of rotatable bonds is 3. The van der Waals surface area contributed by atoms with Gasteiger partial charge < -0.3 is 15.2 Å². The molecule has 2 aromatic heterocycles. The van der Waals surface area contributed by atoms with Gasteiger partial charge in [-0.15, -0.1) is 0 Å². The minimum Gasteiger partial charge on any atom is -0.348 e. The lowest BCUT2D eigenvalue weighted by molar-refractivity contribution is 0.0925. The minimum atomic E-state index is -0.158. The maximum Gasteiger partial charge on any atom is 0.271 e. The largest absolute Gasteiger partial charge is 0.348 e. The van der Waals surface area contributed by atoms with Crippen molar-refractivity contribution in [3.8, 4) is 0 Å². The van der Waals surface area contributed by atoms with Crippen LogP contribution in [-0.2, 0) is 0 Å². The van der Waals surface area contributed by atoms with Crippen molar-refractivity contribution in [1.29, 1.82) is 0 Å². The van der Waals surface area contributed by atoms with E-state index in [0.29, 0.717) is 5.69 Å². The summed E-state index contributed by atoms with van der Waals surface area (Å²) in [6.07, 6.45) is 4.89. The Labute approximate surface area is 145 Å². The summed E-state index contributed by atoms with van der Waals surface area (Å²) in [4.78, 5) is 30.7. The Hall–Kier alpha value is -2.96. The number of carbonyl (C=O) groups is 1. The number of fused-ring (bicyclic) bond motifs is 1. The lowest BCUT2D eigenvalue weighted by atomic mass is 10.1. The average Bonchev–Trinajstić information content (AvgIpc) is 3.07. The Morgan fingerprint density at radius 1 is 1.20 bits per heavy atom. The Balaban J connectivity index is 1.36. The van der Waals surface area contributed by atoms with Gasteiger partial charge >= 0.3 is 0 Å². The number of amides is 1. The first-order valence-corrected chi connectivity index (χ1v) is 8.48. The molecule has 1 fully saturated rings. The summed E-state index contributed by atoms with van der Waals surface area (Å²) >= 11 is 0. The van der Waals surface area contributed by atoms with Gasteiger partial charge in [-0.3, -0.25) is 9.78 Å². The van der Waals surface area contributed by atoms with E-state index in [1.165, 1.54) is 6.20 Å².